The third kappa shape index (κ3) is 5.33. The van der Waals surface area contributed by atoms with Crippen molar-refractivity contribution in [3.05, 3.63) is 65.7 Å². The van der Waals surface area contributed by atoms with E-state index in [9.17, 15) is 13.2 Å². The van der Waals surface area contributed by atoms with E-state index >= 15 is 0 Å². The highest BCUT2D eigenvalue weighted by Gasteiger charge is 2.22. The molecule has 5 nitrogen and oxygen atoms in total. The minimum absolute atomic E-state index is 0.201. The minimum Gasteiger partial charge on any atom is -0.348 e. The Bertz CT molecular complexity index is 831. The lowest BCUT2D eigenvalue weighted by Gasteiger charge is -2.23. The number of carbonyl (C=O) groups excluding carboxylic acids is 1. The highest BCUT2D eigenvalue weighted by molar-refractivity contribution is 7.92. The van der Waals surface area contributed by atoms with Crippen LogP contribution in [0.25, 0.3) is 0 Å². The molecule has 0 bridgehead atoms. The molecule has 1 amide bonds. The Labute approximate surface area is 156 Å². The molecule has 2 rings (SSSR count). The van der Waals surface area contributed by atoms with Gasteiger partial charge in [-0.3, -0.25) is 9.10 Å². The summed E-state index contributed by atoms with van der Waals surface area (Å²) in [5.41, 5.74) is 2.57. The predicted octanol–water partition coefficient (Wildman–Crippen LogP) is 3.45. The molecule has 0 saturated heterocycles. The van der Waals surface area contributed by atoms with Gasteiger partial charge < -0.3 is 5.32 Å². The summed E-state index contributed by atoms with van der Waals surface area (Å²) in [6.07, 6.45) is 1.11. The van der Waals surface area contributed by atoms with Crippen molar-refractivity contribution in [2.75, 3.05) is 17.1 Å². The summed E-state index contributed by atoms with van der Waals surface area (Å²) in [5, 5.41) is 2.85. The molecule has 0 aliphatic carbocycles. The fraction of sp³-hybridized carbons (Fsp3) is 0.350. The van der Waals surface area contributed by atoms with Crippen molar-refractivity contribution < 1.29 is 13.2 Å². The fourth-order valence-electron chi connectivity index (χ4n) is 2.67. The van der Waals surface area contributed by atoms with Crippen LogP contribution in [-0.4, -0.2) is 27.1 Å². The first kappa shape index (κ1) is 20.0. The summed E-state index contributed by atoms with van der Waals surface area (Å²) in [4.78, 5) is 12.4. The zero-order valence-corrected chi connectivity index (χ0v) is 16.5. The number of nitrogens with one attached hydrogen (secondary N) is 1. The zero-order valence-electron chi connectivity index (χ0n) is 15.6. The standard InChI is InChI=1S/C20H26N2O3S/c1-15(2)17-10-12-19(13-11-17)22(26(4,24)25)14-20(23)21-16(3)18-8-6-5-7-9-18/h5-13,15-16H,14H2,1-4H3,(H,21,23). The molecule has 6 heteroatoms. The van der Waals surface area contributed by atoms with Crippen molar-refractivity contribution in [2.45, 2.75) is 32.7 Å². The Morgan fingerprint density at radius 1 is 0.962 bits per heavy atom. The third-order valence-electron chi connectivity index (χ3n) is 4.21. The maximum atomic E-state index is 12.4. The number of carbonyl (C=O) groups is 1. The van der Waals surface area contributed by atoms with Crippen molar-refractivity contribution >= 4 is 21.6 Å². The second-order valence-electron chi connectivity index (χ2n) is 6.72. The van der Waals surface area contributed by atoms with Crippen LogP contribution in [0.4, 0.5) is 5.69 Å². The lowest BCUT2D eigenvalue weighted by atomic mass is 10.0. The minimum atomic E-state index is -3.57. The number of hydrogen-bond donors (Lipinski definition) is 1. The summed E-state index contributed by atoms with van der Waals surface area (Å²) in [5.74, 6) is 0.00506. The Hall–Kier alpha value is -2.34. The van der Waals surface area contributed by atoms with Gasteiger partial charge in [0, 0.05) is 0 Å². The van der Waals surface area contributed by atoms with Crippen molar-refractivity contribution in [1.82, 2.24) is 5.32 Å². The molecule has 0 heterocycles. The van der Waals surface area contributed by atoms with Gasteiger partial charge in [0.1, 0.15) is 6.54 Å². The van der Waals surface area contributed by atoms with Crippen molar-refractivity contribution in [2.24, 2.45) is 0 Å². The van der Waals surface area contributed by atoms with Gasteiger partial charge in [0.15, 0.2) is 0 Å². The van der Waals surface area contributed by atoms with Crippen LogP contribution in [0.2, 0.25) is 0 Å². The van der Waals surface area contributed by atoms with E-state index in [2.05, 4.69) is 19.2 Å². The van der Waals surface area contributed by atoms with E-state index in [1.807, 2.05) is 49.4 Å². The van der Waals surface area contributed by atoms with Crippen molar-refractivity contribution in [1.29, 1.82) is 0 Å². The summed E-state index contributed by atoms with van der Waals surface area (Å²) in [6, 6.07) is 16.6. The number of rotatable bonds is 7. The first-order valence-electron chi connectivity index (χ1n) is 8.60. The molecule has 2 aromatic carbocycles. The van der Waals surface area contributed by atoms with Gasteiger partial charge in [-0.05, 0) is 36.1 Å². The number of hydrogen-bond acceptors (Lipinski definition) is 3. The molecule has 0 aliphatic rings. The molecule has 0 radical (unpaired) electrons. The number of nitrogens with zero attached hydrogens (tertiary/aromatic N) is 1. The number of amides is 1. The Balaban J connectivity index is 2.14. The SMILES string of the molecule is CC(C)c1ccc(N(CC(=O)NC(C)c2ccccc2)S(C)(=O)=O)cc1. The van der Waals surface area contributed by atoms with E-state index in [0.29, 0.717) is 11.6 Å². The summed E-state index contributed by atoms with van der Waals surface area (Å²) < 4.78 is 25.5. The predicted molar refractivity (Wildman–Crippen MR) is 106 cm³/mol. The Morgan fingerprint density at radius 3 is 2.04 bits per heavy atom. The van der Waals surface area contributed by atoms with Crippen molar-refractivity contribution in [3.63, 3.8) is 0 Å². The molecular formula is C20H26N2O3S. The normalized spacial score (nSPS) is 12.7. The molecule has 2 aromatic rings. The molecule has 1 atom stereocenters. The average Bonchev–Trinajstić information content (AvgIpc) is 2.59. The summed E-state index contributed by atoms with van der Waals surface area (Å²) in [6.45, 7) is 5.76. The highest BCUT2D eigenvalue weighted by Crippen LogP contribution is 2.22. The molecule has 1 unspecified atom stereocenters. The van der Waals surface area contributed by atoms with Crippen LogP contribution in [0.1, 0.15) is 43.9 Å². The molecule has 0 spiro atoms. The van der Waals surface area contributed by atoms with E-state index < -0.39 is 10.0 Å². The molecule has 140 valence electrons. The Morgan fingerprint density at radius 2 is 1.54 bits per heavy atom. The molecule has 0 aliphatic heterocycles. The topological polar surface area (TPSA) is 66.5 Å². The summed E-state index contributed by atoms with van der Waals surface area (Å²) >= 11 is 0. The molecule has 26 heavy (non-hydrogen) atoms. The van der Waals surface area contributed by atoms with E-state index in [1.54, 1.807) is 12.1 Å². The number of sulfonamides is 1. The van der Waals surface area contributed by atoms with Crippen molar-refractivity contribution in [3.8, 4) is 0 Å². The van der Waals surface area contributed by atoms with Gasteiger partial charge >= 0.3 is 0 Å². The van der Waals surface area contributed by atoms with E-state index in [1.165, 1.54) is 0 Å². The van der Waals surface area contributed by atoms with E-state index in [-0.39, 0.29) is 18.5 Å². The maximum absolute atomic E-state index is 12.4. The maximum Gasteiger partial charge on any atom is 0.241 e. The average molecular weight is 375 g/mol. The van der Waals surface area contributed by atoms with Gasteiger partial charge in [-0.1, -0.05) is 56.3 Å². The van der Waals surface area contributed by atoms with Crippen LogP contribution in [-0.2, 0) is 14.8 Å². The monoisotopic (exact) mass is 374 g/mol. The fourth-order valence-corrected chi connectivity index (χ4v) is 3.52. The smallest absolute Gasteiger partial charge is 0.241 e. The van der Waals surface area contributed by atoms with Gasteiger partial charge in [0.25, 0.3) is 0 Å². The lowest BCUT2D eigenvalue weighted by Crippen LogP contribution is -2.41. The quantitative estimate of drug-likeness (QED) is 0.807. The molecule has 1 N–H and O–H groups in total. The van der Waals surface area contributed by atoms with Crippen LogP contribution in [0.15, 0.2) is 54.6 Å². The van der Waals surface area contributed by atoms with Gasteiger partial charge in [-0.2, -0.15) is 0 Å². The first-order chi connectivity index (χ1) is 12.2. The van der Waals surface area contributed by atoms with Crippen LogP contribution < -0.4 is 9.62 Å². The highest BCUT2D eigenvalue weighted by atomic mass is 32.2. The number of anilines is 1. The largest absolute Gasteiger partial charge is 0.348 e. The summed E-state index contributed by atoms with van der Waals surface area (Å²) in [7, 11) is -3.57. The van der Waals surface area contributed by atoms with Gasteiger partial charge in [-0.15, -0.1) is 0 Å². The lowest BCUT2D eigenvalue weighted by molar-refractivity contribution is -0.120. The van der Waals surface area contributed by atoms with Crippen LogP contribution >= 0.6 is 0 Å². The van der Waals surface area contributed by atoms with E-state index in [4.69, 9.17) is 0 Å². The van der Waals surface area contributed by atoms with Gasteiger partial charge in [0.05, 0.1) is 18.0 Å². The second-order valence-corrected chi connectivity index (χ2v) is 8.62. The van der Waals surface area contributed by atoms with Crippen LogP contribution in [0, 0.1) is 0 Å². The molecule has 0 saturated carbocycles. The zero-order chi connectivity index (χ0) is 19.3. The third-order valence-corrected chi connectivity index (χ3v) is 5.35. The molecule has 0 fully saturated rings. The van der Waals surface area contributed by atoms with Gasteiger partial charge in [-0.25, -0.2) is 8.42 Å². The van der Waals surface area contributed by atoms with Crippen LogP contribution in [0.3, 0.4) is 0 Å². The van der Waals surface area contributed by atoms with Gasteiger partial charge in [0.2, 0.25) is 15.9 Å². The second kappa shape index (κ2) is 8.36. The Kier molecular flexibility index (Phi) is 6.42. The van der Waals surface area contributed by atoms with Crippen LogP contribution in [0.5, 0.6) is 0 Å². The molecule has 0 aromatic heterocycles. The van der Waals surface area contributed by atoms with E-state index in [0.717, 1.165) is 21.7 Å². The number of benzene rings is 2. The molecular weight excluding hydrogens is 348 g/mol. The first-order valence-corrected chi connectivity index (χ1v) is 10.5.